The van der Waals surface area contributed by atoms with Gasteiger partial charge in [-0.05, 0) is 18.2 Å². The summed E-state index contributed by atoms with van der Waals surface area (Å²) in [4.78, 5) is 17.1. The Balaban J connectivity index is -0.000000214. The molecule has 0 heterocycles. The van der Waals surface area contributed by atoms with Crippen LogP contribution in [0.25, 0.3) is 0 Å². The minimum Gasteiger partial charge on any atom is -0.450 e. The highest BCUT2D eigenvalue weighted by molar-refractivity contribution is 5.53. The van der Waals surface area contributed by atoms with Crippen molar-refractivity contribution >= 4 is 12.3 Å². The van der Waals surface area contributed by atoms with E-state index in [2.05, 4.69) is 0 Å². The number of benzene rings is 1. The quantitative estimate of drug-likeness (QED) is 0.473. The molecule has 18 heavy (non-hydrogen) atoms. The van der Waals surface area contributed by atoms with E-state index in [-0.39, 0.29) is 12.0 Å². The number of nitriles is 1. The first-order chi connectivity index (χ1) is 7.79. The van der Waals surface area contributed by atoms with Gasteiger partial charge in [0, 0.05) is 0 Å². The maximum Gasteiger partial charge on any atom is 0.503 e. The molecule has 0 fully saturated rings. The van der Waals surface area contributed by atoms with E-state index in [1.165, 1.54) is 18.2 Å². The highest BCUT2D eigenvalue weighted by atomic mass is 19.1. The number of nitrogens with zero attached hydrogens (tertiary/aromatic N) is 1. The Kier molecular flexibility index (Phi) is 13.9. The van der Waals surface area contributed by atoms with Crippen molar-refractivity contribution in [1.29, 1.82) is 5.26 Å². The predicted octanol–water partition coefficient (Wildman–Crippen LogP) is 2.30. The Hall–Kier alpha value is -2.86. The van der Waals surface area contributed by atoms with Gasteiger partial charge in [0.2, 0.25) is 0 Å². The highest BCUT2D eigenvalue weighted by Gasteiger charge is 1.89. The zero-order chi connectivity index (χ0) is 13.8. The maximum atomic E-state index is 12.2. The molecular formula is C9H11FN2O6. The van der Waals surface area contributed by atoms with Crippen LogP contribution >= 0.6 is 0 Å². The molecule has 1 rings (SSSR count). The summed E-state index contributed by atoms with van der Waals surface area (Å²) in [5, 5.41) is 36.1. The van der Waals surface area contributed by atoms with Crippen LogP contribution in [0.15, 0.2) is 24.3 Å². The molecule has 0 aliphatic rings. The Labute approximate surface area is 101 Å². The summed E-state index contributed by atoms with van der Waals surface area (Å²) in [6, 6.07) is 7.40. The van der Waals surface area contributed by atoms with E-state index >= 15 is 0 Å². The van der Waals surface area contributed by atoms with Gasteiger partial charge in [-0.2, -0.15) is 5.26 Å². The van der Waals surface area contributed by atoms with Gasteiger partial charge in [0.25, 0.3) is 0 Å². The smallest absolute Gasteiger partial charge is 0.450 e. The van der Waals surface area contributed by atoms with E-state index in [4.69, 9.17) is 35.3 Å². The van der Waals surface area contributed by atoms with Crippen LogP contribution in [-0.4, -0.2) is 32.7 Å². The Bertz CT molecular complexity index is 398. The molecule has 1 aromatic rings. The number of hydrogen-bond acceptors (Lipinski definition) is 4. The molecule has 1 aromatic carbocycles. The van der Waals surface area contributed by atoms with Crippen molar-refractivity contribution in [1.82, 2.24) is 6.15 Å². The molecule has 0 saturated heterocycles. The topological polar surface area (TPSA) is 174 Å². The second-order valence-corrected chi connectivity index (χ2v) is 2.19. The third kappa shape index (κ3) is 23.2. The van der Waals surface area contributed by atoms with Crippen LogP contribution in [0, 0.1) is 17.1 Å². The predicted molar refractivity (Wildman–Crippen MR) is 57.4 cm³/mol. The SMILES string of the molecule is N.N#Cc1cccc(F)c1.O=C(O)O.O=C(O)O. The van der Waals surface area contributed by atoms with Gasteiger partial charge in [-0.25, -0.2) is 14.0 Å². The number of carboxylic acid groups (broad SMARTS) is 4. The average Bonchev–Trinajstić information content (AvgIpc) is 2.16. The second kappa shape index (κ2) is 12.2. The first-order valence-corrected chi connectivity index (χ1v) is 3.79. The minimum atomic E-state index is -1.83. The van der Waals surface area contributed by atoms with Gasteiger partial charge in [0.15, 0.2) is 0 Å². The van der Waals surface area contributed by atoms with E-state index in [9.17, 15) is 4.39 Å². The minimum absolute atomic E-state index is 0. The normalized spacial score (nSPS) is 6.89. The van der Waals surface area contributed by atoms with E-state index in [0.29, 0.717) is 5.56 Å². The lowest BCUT2D eigenvalue weighted by Crippen LogP contribution is -1.81. The van der Waals surface area contributed by atoms with Crippen LogP contribution in [0.1, 0.15) is 5.56 Å². The fourth-order valence-corrected chi connectivity index (χ4v) is 0.558. The van der Waals surface area contributed by atoms with Crippen LogP contribution < -0.4 is 6.15 Å². The van der Waals surface area contributed by atoms with Gasteiger partial charge in [0.05, 0.1) is 11.6 Å². The van der Waals surface area contributed by atoms with Crippen molar-refractivity contribution in [3.63, 3.8) is 0 Å². The lowest BCUT2D eigenvalue weighted by molar-refractivity contribution is 0.135. The number of hydrogen-bond donors (Lipinski definition) is 5. The van der Waals surface area contributed by atoms with Crippen LogP contribution in [-0.2, 0) is 0 Å². The van der Waals surface area contributed by atoms with E-state index in [0.717, 1.165) is 0 Å². The fourth-order valence-electron chi connectivity index (χ4n) is 0.558. The third-order valence-electron chi connectivity index (χ3n) is 0.954. The maximum absolute atomic E-state index is 12.2. The van der Waals surface area contributed by atoms with E-state index < -0.39 is 12.3 Å². The fraction of sp³-hybridized carbons (Fsp3) is 0. The molecule has 7 N–H and O–H groups in total. The zero-order valence-corrected chi connectivity index (χ0v) is 8.95. The first-order valence-electron chi connectivity index (χ1n) is 3.79. The molecule has 0 saturated carbocycles. The van der Waals surface area contributed by atoms with Gasteiger partial charge < -0.3 is 26.6 Å². The average molecular weight is 262 g/mol. The summed E-state index contributed by atoms with van der Waals surface area (Å²) in [5.74, 6) is -0.367. The number of carbonyl (C=O) groups is 2. The summed E-state index contributed by atoms with van der Waals surface area (Å²) in [6.45, 7) is 0. The van der Waals surface area contributed by atoms with E-state index in [1.54, 1.807) is 6.07 Å². The monoisotopic (exact) mass is 262 g/mol. The Morgan fingerprint density at radius 2 is 1.50 bits per heavy atom. The molecule has 8 nitrogen and oxygen atoms in total. The Morgan fingerprint density at radius 3 is 1.72 bits per heavy atom. The van der Waals surface area contributed by atoms with Crippen molar-refractivity contribution < 1.29 is 34.4 Å². The molecule has 0 bridgehead atoms. The van der Waals surface area contributed by atoms with Crippen LogP contribution in [0.4, 0.5) is 14.0 Å². The largest absolute Gasteiger partial charge is 0.503 e. The molecule has 0 atom stereocenters. The lowest BCUT2D eigenvalue weighted by atomic mass is 10.2. The third-order valence-corrected chi connectivity index (χ3v) is 0.954. The van der Waals surface area contributed by atoms with Gasteiger partial charge >= 0.3 is 12.3 Å². The zero-order valence-electron chi connectivity index (χ0n) is 8.95. The molecule has 0 aliphatic heterocycles. The number of halogens is 1. The highest BCUT2D eigenvalue weighted by Crippen LogP contribution is 2.00. The van der Waals surface area contributed by atoms with Crippen molar-refractivity contribution in [2.75, 3.05) is 0 Å². The van der Waals surface area contributed by atoms with Gasteiger partial charge in [-0.3, -0.25) is 0 Å². The van der Waals surface area contributed by atoms with Crippen molar-refractivity contribution in [3.05, 3.63) is 35.6 Å². The first kappa shape index (κ1) is 20.5. The van der Waals surface area contributed by atoms with Crippen LogP contribution in [0.5, 0.6) is 0 Å². The van der Waals surface area contributed by atoms with Gasteiger partial charge in [-0.1, -0.05) is 6.07 Å². The summed E-state index contributed by atoms with van der Waals surface area (Å²) in [7, 11) is 0. The van der Waals surface area contributed by atoms with Crippen LogP contribution in [0.2, 0.25) is 0 Å². The lowest BCUT2D eigenvalue weighted by Gasteiger charge is -1.85. The van der Waals surface area contributed by atoms with Gasteiger partial charge in [0.1, 0.15) is 5.82 Å². The van der Waals surface area contributed by atoms with Crippen LogP contribution in [0.3, 0.4) is 0 Å². The van der Waals surface area contributed by atoms with Gasteiger partial charge in [-0.15, -0.1) is 0 Å². The molecule has 9 heteroatoms. The molecule has 0 aliphatic carbocycles. The van der Waals surface area contributed by atoms with E-state index in [1.807, 2.05) is 6.07 Å². The summed E-state index contributed by atoms with van der Waals surface area (Å²) < 4.78 is 12.2. The molecule has 0 spiro atoms. The standard InChI is InChI=1S/C7H4FN.2CH2O3.H3N/c8-7-3-1-2-6(4-7)5-9;2*2-1(3)4;/h1-4H;2*(H2,2,3,4);1H3. The second-order valence-electron chi connectivity index (χ2n) is 2.19. The molecular weight excluding hydrogens is 251 g/mol. The molecule has 0 amide bonds. The molecule has 100 valence electrons. The molecule has 0 unspecified atom stereocenters. The summed E-state index contributed by atoms with van der Waals surface area (Å²) in [5.41, 5.74) is 0.356. The van der Waals surface area contributed by atoms with Crippen molar-refractivity contribution in [2.45, 2.75) is 0 Å². The summed E-state index contributed by atoms with van der Waals surface area (Å²) in [6.07, 6.45) is -3.67. The summed E-state index contributed by atoms with van der Waals surface area (Å²) >= 11 is 0. The molecule has 0 aromatic heterocycles. The van der Waals surface area contributed by atoms with Crippen molar-refractivity contribution in [3.8, 4) is 6.07 Å². The van der Waals surface area contributed by atoms with Crippen molar-refractivity contribution in [2.24, 2.45) is 0 Å². The molecule has 0 radical (unpaired) electrons. The number of rotatable bonds is 0. The Morgan fingerprint density at radius 1 is 1.11 bits per heavy atom.